The maximum atomic E-state index is 9.05. The molecule has 2 heterocycles. The number of nitrogens with zero attached hydrogens (tertiary/aromatic N) is 4. The number of rotatable bonds is 2. The molecule has 5 heteroatoms. The van der Waals surface area contributed by atoms with Crippen LogP contribution in [0.15, 0.2) is 42.5 Å². The lowest BCUT2D eigenvalue weighted by Crippen LogP contribution is -2.25. The predicted molar refractivity (Wildman–Crippen MR) is 110 cm³/mol. The third-order valence-electron chi connectivity index (χ3n) is 5.09. The molecule has 1 aliphatic rings. The van der Waals surface area contributed by atoms with Crippen molar-refractivity contribution in [1.82, 2.24) is 15.1 Å². The first-order chi connectivity index (χ1) is 13.1. The van der Waals surface area contributed by atoms with E-state index in [1.54, 1.807) is 12.1 Å². The molecule has 0 atom stereocenters. The fourth-order valence-electron chi connectivity index (χ4n) is 3.64. The van der Waals surface area contributed by atoms with Crippen molar-refractivity contribution >= 4 is 28.1 Å². The van der Waals surface area contributed by atoms with Crippen molar-refractivity contribution in [2.45, 2.75) is 13.3 Å². The Balaban J connectivity index is 1.87. The van der Waals surface area contributed by atoms with Crippen LogP contribution in [0.2, 0.25) is 5.02 Å². The largest absolute Gasteiger partial charge is 0.302 e. The quantitative estimate of drug-likeness (QED) is 0.643. The van der Waals surface area contributed by atoms with Crippen molar-refractivity contribution in [2.75, 3.05) is 20.1 Å². The lowest BCUT2D eigenvalue weighted by atomic mass is 9.96. The smallest absolute Gasteiger partial charge is 0.101 e. The van der Waals surface area contributed by atoms with Gasteiger partial charge in [-0.2, -0.15) is 5.26 Å². The molecule has 0 saturated heterocycles. The molecule has 3 aromatic rings. The summed E-state index contributed by atoms with van der Waals surface area (Å²) in [5.41, 5.74) is 6.49. The Morgan fingerprint density at radius 3 is 2.74 bits per heavy atom. The number of hydrogen-bond acceptors (Lipinski definition) is 4. The average molecular weight is 375 g/mol. The summed E-state index contributed by atoms with van der Waals surface area (Å²) in [6.07, 6.45) is 3.35. The van der Waals surface area contributed by atoms with Gasteiger partial charge in [0.2, 0.25) is 0 Å². The van der Waals surface area contributed by atoms with E-state index in [1.807, 2.05) is 13.0 Å². The number of aromatic nitrogens is 2. The van der Waals surface area contributed by atoms with E-state index in [9.17, 15) is 0 Å². The van der Waals surface area contributed by atoms with Gasteiger partial charge in [0.15, 0.2) is 0 Å². The maximum Gasteiger partial charge on any atom is 0.101 e. The molecule has 0 fully saturated rings. The first-order valence-corrected chi connectivity index (χ1v) is 9.30. The second kappa shape index (κ2) is 7.11. The highest BCUT2D eigenvalue weighted by Crippen LogP contribution is 2.34. The second-order valence-electron chi connectivity index (χ2n) is 6.94. The van der Waals surface area contributed by atoms with Crippen molar-refractivity contribution in [3.05, 3.63) is 64.2 Å². The average Bonchev–Trinajstić information content (AvgIpc) is 2.68. The highest BCUT2D eigenvalue weighted by molar-refractivity contribution is 6.33. The molecule has 0 aliphatic carbocycles. The number of fused-ring (bicyclic) bond motifs is 1. The predicted octanol–water partition coefficient (Wildman–Crippen LogP) is 4.85. The van der Waals surface area contributed by atoms with Gasteiger partial charge in [0.25, 0.3) is 0 Å². The van der Waals surface area contributed by atoms with Crippen LogP contribution in [-0.2, 0) is 0 Å². The van der Waals surface area contributed by atoms with Gasteiger partial charge in [-0.25, -0.2) is 0 Å². The third kappa shape index (κ3) is 3.21. The zero-order valence-corrected chi connectivity index (χ0v) is 16.1. The minimum atomic E-state index is 0.513. The van der Waals surface area contributed by atoms with Crippen LogP contribution in [-0.4, -0.2) is 35.2 Å². The van der Waals surface area contributed by atoms with E-state index in [1.165, 1.54) is 5.57 Å². The summed E-state index contributed by atoms with van der Waals surface area (Å²) in [4.78, 5) is 2.32. The monoisotopic (exact) mass is 374 g/mol. The topological polar surface area (TPSA) is 52.8 Å². The Morgan fingerprint density at radius 2 is 2.00 bits per heavy atom. The number of aryl methyl sites for hydroxylation is 1. The van der Waals surface area contributed by atoms with Gasteiger partial charge in [0.05, 0.1) is 22.3 Å². The minimum Gasteiger partial charge on any atom is -0.302 e. The Labute approximate surface area is 163 Å². The number of hydrogen-bond donors (Lipinski definition) is 0. The van der Waals surface area contributed by atoms with Gasteiger partial charge in [-0.05, 0) is 49.7 Å². The van der Waals surface area contributed by atoms with Crippen LogP contribution in [0.25, 0.3) is 27.7 Å². The van der Waals surface area contributed by atoms with Crippen molar-refractivity contribution < 1.29 is 0 Å². The summed E-state index contributed by atoms with van der Waals surface area (Å²) in [7, 11) is 2.14. The molecule has 0 unspecified atom stereocenters. The van der Waals surface area contributed by atoms with Gasteiger partial charge in [-0.3, -0.25) is 0 Å². The number of halogens is 1. The Kier molecular flexibility index (Phi) is 4.65. The van der Waals surface area contributed by atoms with Crippen LogP contribution < -0.4 is 0 Å². The van der Waals surface area contributed by atoms with Crippen molar-refractivity contribution in [3.8, 4) is 17.3 Å². The second-order valence-corrected chi connectivity index (χ2v) is 7.34. The van der Waals surface area contributed by atoms with E-state index in [-0.39, 0.29) is 0 Å². The first kappa shape index (κ1) is 17.7. The molecule has 2 aromatic carbocycles. The fourth-order valence-corrected chi connectivity index (χ4v) is 3.91. The molecular formula is C22H19ClN4. The third-order valence-corrected chi connectivity index (χ3v) is 5.40. The number of likely N-dealkylation sites (N-methyl/N-ethyl adjacent to an activating group) is 1. The molecule has 0 N–H and O–H groups in total. The molecule has 4 rings (SSSR count). The lowest BCUT2D eigenvalue weighted by Gasteiger charge is -2.23. The zero-order valence-electron chi connectivity index (χ0n) is 15.3. The molecule has 1 aliphatic heterocycles. The van der Waals surface area contributed by atoms with Crippen LogP contribution in [0, 0.1) is 18.3 Å². The molecular weight excluding hydrogens is 356 g/mol. The summed E-state index contributed by atoms with van der Waals surface area (Å²) in [6, 6.07) is 13.6. The molecule has 27 heavy (non-hydrogen) atoms. The lowest BCUT2D eigenvalue weighted by molar-refractivity contribution is 0.373. The maximum absolute atomic E-state index is 9.05. The van der Waals surface area contributed by atoms with Crippen molar-refractivity contribution in [3.63, 3.8) is 0 Å². The minimum absolute atomic E-state index is 0.513. The molecule has 0 radical (unpaired) electrons. The zero-order chi connectivity index (χ0) is 19.0. The normalized spacial score (nSPS) is 14.8. The fraction of sp³-hybridized carbons (Fsp3) is 0.227. The summed E-state index contributed by atoms with van der Waals surface area (Å²) >= 11 is 6.40. The van der Waals surface area contributed by atoms with Gasteiger partial charge in [-0.15, -0.1) is 10.2 Å². The van der Waals surface area contributed by atoms with E-state index >= 15 is 0 Å². The summed E-state index contributed by atoms with van der Waals surface area (Å²) in [5.74, 6) is 0. The Morgan fingerprint density at radius 1 is 1.15 bits per heavy atom. The van der Waals surface area contributed by atoms with E-state index < -0.39 is 0 Å². The Hall–Kier alpha value is -2.74. The molecule has 0 spiro atoms. The summed E-state index contributed by atoms with van der Waals surface area (Å²) in [6.45, 7) is 4.05. The van der Waals surface area contributed by atoms with Gasteiger partial charge in [0, 0.05) is 29.6 Å². The van der Waals surface area contributed by atoms with Crippen LogP contribution in [0.4, 0.5) is 0 Å². The van der Waals surface area contributed by atoms with Gasteiger partial charge in [0.1, 0.15) is 5.52 Å². The van der Waals surface area contributed by atoms with Gasteiger partial charge >= 0.3 is 0 Å². The standard InChI is InChI=1S/C22H19ClN4/c1-14-17-6-3-7-18(16-5-4-10-27(2)13-16)22(17)26-25-21(14)19-9-8-15(12-24)11-20(19)23/h3,5-9,11H,4,10,13H2,1-2H3. The SMILES string of the molecule is Cc1c(-c2ccc(C#N)cc2Cl)nnc2c(C3=CCCN(C)C3)cccc12. The molecule has 0 saturated carbocycles. The van der Waals surface area contributed by atoms with Gasteiger partial charge in [-0.1, -0.05) is 35.9 Å². The van der Waals surface area contributed by atoms with E-state index in [0.717, 1.165) is 52.8 Å². The summed E-state index contributed by atoms with van der Waals surface area (Å²) in [5, 5.41) is 19.7. The molecule has 0 amide bonds. The number of benzene rings is 2. The van der Waals surface area contributed by atoms with E-state index in [2.05, 4.69) is 52.5 Å². The highest BCUT2D eigenvalue weighted by atomic mass is 35.5. The van der Waals surface area contributed by atoms with Crippen molar-refractivity contribution in [1.29, 1.82) is 5.26 Å². The molecule has 0 bridgehead atoms. The van der Waals surface area contributed by atoms with Gasteiger partial charge < -0.3 is 4.90 Å². The van der Waals surface area contributed by atoms with E-state index in [4.69, 9.17) is 16.9 Å². The van der Waals surface area contributed by atoms with Crippen LogP contribution in [0.1, 0.15) is 23.1 Å². The molecule has 134 valence electrons. The number of nitriles is 1. The summed E-state index contributed by atoms with van der Waals surface area (Å²) < 4.78 is 0. The van der Waals surface area contributed by atoms with Crippen LogP contribution in [0.3, 0.4) is 0 Å². The van der Waals surface area contributed by atoms with Crippen LogP contribution in [0.5, 0.6) is 0 Å². The highest BCUT2D eigenvalue weighted by Gasteiger charge is 2.17. The molecule has 1 aromatic heterocycles. The Bertz CT molecular complexity index is 1110. The van der Waals surface area contributed by atoms with Crippen molar-refractivity contribution in [2.24, 2.45) is 0 Å². The van der Waals surface area contributed by atoms with E-state index in [0.29, 0.717) is 10.6 Å². The van der Waals surface area contributed by atoms with Crippen LogP contribution >= 0.6 is 11.6 Å². The molecule has 4 nitrogen and oxygen atoms in total. The first-order valence-electron chi connectivity index (χ1n) is 8.92.